The second-order valence-electron chi connectivity index (χ2n) is 3.94. The van der Waals surface area contributed by atoms with Crippen LogP contribution in [0.15, 0.2) is 46.3 Å². The maximum Gasteiger partial charge on any atom is 0.433 e. The predicted octanol–water partition coefficient (Wildman–Crippen LogP) is 4.13. The van der Waals surface area contributed by atoms with E-state index >= 15 is 0 Å². The van der Waals surface area contributed by atoms with Crippen LogP contribution in [0, 0.1) is 11.3 Å². The molecule has 0 saturated heterocycles. The smallest absolute Gasteiger partial charge is 0.433 e. The number of alkyl halides is 3. The van der Waals surface area contributed by atoms with Crippen molar-refractivity contribution < 1.29 is 17.9 Å². The van der Waals surface area contributed by atoms with Gasteiger partial charge in [-0.05, 0) is 30.3 Å². The molecule has 7 heteroatoms. The summed E-state index contributed by atoms with van der Waals surface area (Å²) in [6.07, 6.45) is -4.54. The molecule has 0 aliphatic carbocycles. The molecule has 0 fully saturated rings. The zero-order chi connectivity index (χ0) is 15.5. The van der Waals surface area contributed by atoms with Gasteiger partial charge in [0.2, 0.25) is 0 Å². The Bertz CT molecular complexity index is 695. The number of methoxy groups -OCH3 is 1. The number of halogens is 3. The van der Waals surface area contributed by atoms with E-state index in [1.807, 2.05) is 6.07 Å². The average molecular weight is 310 g/mol. The standard InChI is InChI=1S/C14H9F3N2OS/c1-20-10-3-2-4-11(7-10)21-13-9(8-18)5-6-12(19-13)14(15,16)17/h2-7H,1H3. The highest BCUT2D eigenvalue weighted by Crippen LogP contribution is 2.34. The Morgan fingerprint density at radius 2 is 2.00 bits per heavy atom. The van der Waals surface area contributed by atoms with Gasteiger partial charge in [0.25, 0.3) is 0 Å². The van der Waals surface area contributed by atoms with Gasteiger partial charge < -0.3 is 4.74 Å². The SMILES string of the molecule is COc1cccc(Sc2nc(C(F)(F)F)ccc2C#N)c1. The number of aromatic nitrogens is 1. The molecule has 1 aromatic carbocycles. The summed E-state index contributed by atoms with van der Waals surface area (Å²) in [5.41, 5.74) is -0.928. The molecule has 0 N–H and O–H groups in total. The topological polar surface area (TPSA) is 45.9 Å². The van der Waals surface area contributed by atoms with Gasteiger partial charge in [-0.2, -0.15) is 18.4 Å². The molecule has 21 heavy (non-hydrogen) atoms. The number of pyridine rings is 1. The van der Waals surface area contributed by atoms with E-state index in [2.05, 4.69) is 4.98 Å². The molecule has 0 aliphatic heterocycles. The summed E-state index contributed by atoms with van der Waals surface area (Å²) in [6.45, 7) is 0. The first-order valence-electron chi connectivity index (χ1n) is 5.74. The summed E-state index contributed by atoms with van der Waals surface area (Å²) in [4.78, 5) is 4.18. The fraction of sp³-hybridized carbons (Fsp3) is 0.143. The van der Waals surface area contributed by atoms with E-state index in [9.17, 15) is 13.2 Å². The second kappa shape index (κ2) is 6.06. The first-order chi connectivity index (χ1) is 9.94. The van der Waals surface area contributed by atoms with Crippen molar-refractivity contribution in [2.75, 3.05) is 7.11 Å². The number of hydrogen-bond donors (Lipinski definition) is 0. The lowest BCUT2D eigenvalue weighted by atomic mass is 10.2. The van der Waals surface area contributed by atoms with Crippen LogP contribution in [0.5, 0.6) is 5.75 Å². The van der Waals surface area contributed by atoms with E-state index in [0.29, 0.717) is 10.6 Å². The minimum absolute atomic E-state index is 0.0144. The van der Waals surface area contributed by atoms with Crippen LogP contribution >= 0.6 is 11.8 Å². The second-order valence-corrected chi connectivity index (χ2v) is 5.00. The highest BCUT2D eigenvalue weighted by Gasteiger charge is 2.33. The van der Waals surface area contributed by atoms with Crippen molar-refractivity contribution in [2.45, 2.75) is 16.1 Å². The molecule has 1 heterocycles. The molecular weight excluding hydrogens is 301 g/mol. The summed E-state index contributed by atoms with van der Waals surface area (Å²) in [5, 5.41) is 9.00. The van der Waals surface area contributed by atoms with Gasteiger partial charge >= 0.3 is 6.18 Å². The van der Waals surface area contributed by atoms with Gasteiger partial charge in [0.15, 0.2) is 0 Å². The van der Waals surface area contributed by atoms with Gasteiger partial charge in [-0.3, -0.25) is 0 Å². The summed E-state index contributed by atoms with van der Waals surface area (Å²) < 4.78 is 43.1. The zero-order valence-electron chi connectivity index (χ0n) is 10.8. The van der Waals surface area contributed by atoms with Gasteiger partial charge in [-0.15, -0.1) is 0 Å². The van der Waals surface area contributed by atoms with E-state index in [-0.39, 0.29) is 10.6 Å². The third-order valence-corrected chi connectivity index (χ3v) is 3.52. The Morgan fingerprint density at radius 1 is 1.24 bits per heavy atom. The molecular formula is C14H9F3N2OS. The molecule has 0 bridgehead atoms. The Balaban J connectivity index is 2.40. The fourth-order valence-corrected chi connectivity index (χ4v) is 2.45. The minimum Gasteiger partial charge on any atom is -0.497 e. The quantitative estimate of drug-likeness (QED) is 0.855. The summed E-state index contributed by atoms with van der Waals surface area (Å²) in [5.74, 6) is 0.575. The van der Waals surface area contributed by atoms with Crippen LogP contribution in [-0.2, 0) is 6.18 Å². The van der Waals surface area contributed by atoms with E-state index in [0.717, 1.165) is 23.9 Å². The van der Waals surface area contributed by atoms with Crippen molar-refractivity contribution in [1.29, 1.82) is 5.26 Å². The highest BCUT2D eigenvalue weighted by atomic mass is 32.2. The summed E-state index contributed by atoms with van der Waals surface area (Å²) in [7, 11) is 1.49. The number of benzene rings is 1. The Morgan fingerprint density at radius 3 is 2.62 bits per heavy atom. The highest BCUT2D eigenvalue weighted by molar-refractivity contribution is 7.99. The number of ether oxygens (including phenoxy) is 1. The average Bonchev–Trinajstić information content (AvgIpc) is 2.46. The number of nitriles is 1. The lowest BCUT2D eigenvalue weighted by Crippen LogP contribution is -2.08. The van der Waals surface area contributed by atoms with E-state index in [4.69, 9.17) is 10.00 Å². The largest absolute Gasteiger partial charge is 0.497 e. The minimum atomic E-state index is -4.54. The molecule has 0 radical (unpaired) electrons. The normalized spacial score (nSPS) is 11.0. The first kappa shape index (κ1) is 15.2. The molecule has 0 unspecified atom stereocenters. The fourth-order valence-electron chi connectivity index (χ4n) is 1.54. The van der Waals surface area contributed by atoms with E-state index < -0.39 is 11.9 Å². The summed E-state index contributed by atoms with van der Waals surface area (Å²) >= 11 is 0.985. The van der Waals surface area contributed by atoms with E-state index in [1.54, 1.807) is 24.3 Å². The molecule has 0 amide bonds. The van der Waals surface area contributed by atoms with Crippen LogP contribution in [0.4, 0.5) is 13.2 Å². The van der Waals surface area contributed by atoms with Crippen LogP contribution in [0.2, 0.25) is 0 Å². The van der Waals surface area contributed by atoms with Crippen LogP contribution in [0.1, 0.15) is 11.3 Å². The summed E-state index contributed by atoms with van der Waals surface area (Å²) in [6, 6.07) is 10.6. The number of nitrogens with zero attached hydrogens (tertiary/aromatic N) is 2. The van der Waals surface area contributed by atoms with Crippen LogP contribution < -0.4 is 4.74 Å². The van der Waals surface area contributed by atoms with Crippen LogP contribution in [0.25, 0.3) is 0 Å². The number of hydrogen-bond acceptors (Lipinski definition) is 4. The monoisotopic (exact) mass is 310 g/mol. The van der Waals surface area contributed by atoms with Crippen molar-refractivity contribution in [2.24, 2.45) is 0 Å². The maximum atomic E-state index is 12.7. The predicted molar refractivity (Wildman–Crippen MR) is 71.1 cm³/mol. The van der Waals surface area contributed by atoms with Gasteiger partial charge in [0.1, 0.15) is 22.5 Å². The van der Waals surface area contributed by atoms with Gasteiger partial charge in [0, 0.05) is 4.90 Å². The lowest BCUT2D eigenvalue weighted by molar-refractivity contribution is -0.141. The van der Waals surface area contributed by atoms with Crippen molar-refractivity contribution >= 4 is 11.8 Å². The first-order valence-corrected chi connectivity index (χ1v) is 6.56. The molecule has 3 nitrogen and oxygen atoms in total. The van der Waals surface area contributed by atoms with Crippen molar-refractivity contribution in [3.8, 4) is 11.8 Å². The third-order valence-electron chi connectivity index (χ3n) is 2.53. The van der Waals surface area contributed by atoms with E-state index in [1.165, 1.54) is 7.11 Å². The molecule has 2 aromatic rings. The van der Waals surface area contributed by atoms with Crippen LogP contribution in [-0.4, -0.2) is 12.1 Å². The Labute approximate surface area is 123 Å². The molecule has 0 atom stereocenters. The molecule has 0 spiro atoms. The van der Waals surface area contributed by atoms with Crippen molar-refractivity contribution in [3.05, 3.63) is 47.7 Å². The number of rotatable bonds is 3. The van der Waals surface area contributed by atoms with Gasteiger partial charge in [-0.25, -0.2) is 4.98 Å². The van der Waals surface area contributed by atoms with Crippen molar-refractivity contribution in [3.63, 3.8) is 0 Å². The Kier molecular flexibility index (Phi) is 4.38. The van der Waals surface area contributed by atoms with Crippen molar-refractivity contribution in [1.82, 2.24) is 4.98 Å². The Hall–Kier alpha value is -2.20. The molecule has 0 aliphatic rings. The molecule has 108 valence electrons. The molecule has 2 rings (SSSR count). The van der Waals surface area contributed by atoms with Crippen LogP contribution in [0.3, 0.4) is 0 Å². The maximum absolute atomic E-state index is 12.7. The zero-order valence-corrected chi connectivity index (χ0v) is 11.6. The molecule has 0 saturated carbocycles. The van der Waals surface area contributed by atoms with Gasteiger partial charge in [-0.1, -0.05) is 17.8 Å². The van der Waals surface area contributed by atoms with Gasteiger partial charge in [0.05, 0.1) is 12.7 Å². The third kappa shape index (κ3) is 3.67. The lowest BCUT2D eigenvalue weighted by Gasteiger charge is -2.09. The molecule has 1 aromatic heterocycles.